The van der Waals surface area contributed by atoms with Crippen LogP contribution >= 0.6 is 0 Å². The van der Waals surface area contributed by atoms with Crippen molar-refractivity contribution in [2.75, 3.05) is 26.3 Å². The highest BCUT2D eigenvalue weighted by Gasteiger charge is 2.39. The predicted octanol–water partition coefficient (Wildman–Crippen LogP) is 0.975. The molecule has 4 nitrogen and oxygen atoms in total. The molecule has 0 aromatic carbocycles. The fourth-order valence-corrected chi connectivity index (χ4v) is 2.80. The quantitative estimate of drug-likeness (QED) is 0.545. The standard InChI is InChI=1S/C12H27N3O/c1-5-12(4,11(14-13)10(2)3)15-6-8-16-9-7-15/h10-11,14H,5-9,13H2,1-4H3. The van der Waals surface area contributed by atoms with Crippen LogP contribution in [-0.4, -0.2) is 42.8 Å². The Balaban J connectivity index is 2.80. The van der Waals surface area contributed by atoms with Gasteiger partial charge in [-0.25, -0.2) is 0 Å². The average molecular weight is 229 g/mol. The summed E-state index contributed by atoms with van der Waals surface area (Å²) in [5.74, 6) is 6.26. The van der Waals surface area contributed by atoms with Gasteiger partial charge < -0.3 is 4.74 Å². The van der Waals surface area contributed by atoms with E-state index in [1.165, 1.54) is 0 Å². The first-order valence-corrected chi connectivity index (χ1v) is 6.35. The summed E-state index contributed by atoms with van der Waals surface area (Å²) in [6.45, 7) is 12.7. The van der Waals surface area contributed by atoms with Crippen LogP contribution in [0, 0.1) is 5.92 Å². The zero-order chi connectivity index (χ0) is 12.2. The molecule has 2 atom stereocenters. The van der Waals surface area contributed by atoms with Gasteiger partial charge in [0.15, 0.2) is 0 Å². The van der Waals surface area contributed by atoms with Gasteiger partial charge in [-0.15, -0.1) is 0 Å². The van der Waals surface area contributed by atoms with Gasteiger partial charge in [0.25, 0.3) is 0 Å². The minimum Gasteiger partial charge on any atom is -0.379 e. The monoisotopic (exact) mass is 229 g/mol. The highest BCUT2D eigenvalue weighted by Crippen LogP contribution is 2.28. The lowest BCUT2D eigenvalue weighted by Gasteiger charge is -2.49. The number of hydrogen-bond acceptors (Lipinski definition) is 4. The SMILES string of the molecule is CCC(C)(C(NN)C(C)C)N1CCOCC1. The van der Waals surface area contributed by atoms with Crippen LogP contribution in [-0.2, 0) is 4.74 Å². The lowest BCUT2D eigenvalue weighted by molar-refractivity contribution is -0.0388. The number of nitrogens with two attached hydrogens (primary N) is 1. The summed E-state index contributed by atoms with van der Waals surface area (Å²) in [7, 11) is 0. The number of nitrogens with one attached hydrogen (secondary N) is 1. The molecule has 0 spiro atoms. The minimum atomic E-state index is 0.118. The highest BCUT2D eigenvalue weighted by atomic mass is 16.5. The fourth-order valence-electron chi connectivity index (χ4n) is 2.80. The van der Waals surface area contributed by atoms with E-state index >= 15 is 0 Å². The van der Waals surface area contributed by atoms with Gasteiger partial charge in [0, 0.05) is 24.7 Å². The Bertz CT molecular complexity index is 204. The van der Waals surface area contributed by atoms with Crippen LogP contribution < -0.4 is 11.3 Å². The van der Waals surface area contributed by atoms with Crippen LogP contribution in [0.5, 0.6) is 0 Å². The molecule has 1 fully saturated rings. The van der Waals surface area contributed by atoms with Gasteiger partial charge >= 0.3 is 0 Å². The second kappa shape index (κ2) is 5.96. The summed E-state index contributed by atoms with van der Waals surface area (Å²) in [4.78, 5) is 2.51. The van der Waals surface area contributed by atoms with Crippen LogP contribution in [0.2, 0.25) is 0 Å². The third-order valence-corrected chi connectivity index (χ3v) is 3.97. The molecule has 0 saturated carbocycles. The normalized spacial score (nSPS) is 24.4. The fraction of sp³-hybridized carbons (Fsp3) is 1.00. The van der Waals surface area contributed by atoms with E-state index in [1.54, 1.807) is 0 Å². The first kappa shape index (κ1) is 13.9. The topological polar surface area (TPSA) is 50.5 Å². The Morgan fingerprint density at radius 1 is 1.38 bits per heavy atom. The molecule has 0 aromatic heterocycles. The molecule has 96 valence electrons. The maximum atomic E-state index is 5.73. The average Bonchev–Trinajstić information content (AvgIpc) is 2.30. The molecule has 0 aromatic rings. The van der Waals surface area contributed by atoms with Crippen molar-refractivity contribution in [3.05, 3.63) is 0 Å². The smallest absolute Gasteiger partial charge is 0.0594 e. The second-order valence-electron chi connectivity index (χ2n) is 5.20. The van der Waals surface area contributed by atoms with Crippen molar-refractivity contribution in [3.63, 3.8) is 0 Å². The molecule has 1 heterocycles. The van der Waals surface area contributed by atoms with Crippen LogP contribution in [0.3, 0.4) is 0 Å². The van der Waals surface area contributed by atoms with Crippen molar-refractivity contribution in [1.29, 1.82) is 0 Å². The molecule has 1 aliphatic rings. The lowest BCUT2D eigenvalue weighted by Crippen LogP contribution is -2.64. The van der Waals surface area contributed by atoms with Gasteiger partial charge in [-0.3, -0.25) is 16.2 Å². The van der Waals surface area contributed by atoms with E-state index in [4.69, 9.17) is 10.6 Å². The van der Waals surface area contributed by atoms with Crippen LogP contribution in [0.25, 0.3) is 0 Å². The number of rotatable bonds is 5. The molecule has 2 unspecified atom stereocenters. The molecule has 1 rings (SSSR count). The first-order chi connectivity index (χ1) is 7.56. The lowest BCUT2D eigenvalue weighted by atomic mass is 9.81. The van der Waals surface area contributed by atoms with E-state index in [0.717, 1.165) is 32.7 Å². The molecule has 1 saturated heterocycles. The molecular formula is C12H27N3O. The largest absolute Gasteiger partial charge is 0.379 e. The summed E-state index contributed by atoms with van der Waals surface area (Å²) in [5.41, 5.74) is 3.13. The van der Waals surface area contributed by atoms with E-state index in [0.29, 0.717) is 12.0 Å². The summed E-state index contributed by atoms with van der Waals surface area (Å²) in [6.07, 6.45) is 1.10. The summed E-state index contributed by atoms with van der Waals surface area (Å²) in [6, 6.07) is 0.315. The molecule has 0 bridgehead atoms. The molecular weight excluding hydrogens is 202 g/mol. The first-order valence-electron chi connectivity index (χ1n) is 6.35. The number of ether oxygens (including phenoxy) is 1. The van der Waals surface area contributed by atoms with Gasteiger partial charge in [0.2, 0.25) is 0 Å². The highest BCUT2D eigenvalue weighted by molar-refractivity contribution is 4.97. The van der Waals surface area contributed by atoms with Crippen molar-refractivity contribution in [2.45, 2.75) is 45.7 Å². The second-order valence-corrected chi connectivity index (χ2v) is 5.20. The maximum Gasteiger partial charge on any atom is 0.0594 e. The Hall–Kier alpha value is -0.160. The zero-order valence-electron chi connectivity index (χ0n) is 11.1. The zero-order valence-corrected chi connectivity index (χ0v) is 11.1. The molecule has 0 aliphatic carbocycles. The van der Waals surface area contributed by atoms with Gasteiger partial charge in [0.05, 0.1) is 13.2 Å². The molecule has 0 radical (unpaired) electrons. The minimum absolute atomic E-state index is 0.118. The molecule has 1 aliphatic heterocycles. The van der Waals surface area contributed by atoms with E-state index in [-0.39, 0.29) is 5.54 Å². The van der Waals surface area contributed by atoms with Gasteiger partial charge in [-0.1, -0.05) is 20.8 Å². The Morgan fingerprint density at radius 2 is 1.94 bits per heavy atom. The van der Waals surface area contributed by atoms with Crippen molar-refractivity contribution >= 4 is 0 Å². The van der Waals surface area contributed by atoms with Gasteiger partial charge in [0.1, 0.15) is 0 Å². The molecule has 3 N–H and O–H groups in total. The number of nitrogens with zero attached hydrogens (tertiary/aromatic N) is 1. The summed E-state index contributed by atoms with van der Waals surface area (Å²) < 4.78 is 5.42. The number of hydrazine groups is 1. The summed E-state index contributed by atoms with van der Waals surface area (Å²) >= 11 is 0. The van der Waals surface area contributed by atoms with E-state index in [2.05, 4.69) is 38.0 Å². The van der Waals surface area contributed by atoms with Crippen molar-refractivity contribution < 1.29 is 4.74 Å². The van der Waals surface area contributed by atoms with Gasteiger partial charge in [-0.2, -0.15) is 0 Å². The van der Waals surface area contributed by atoms with Crippen LogP contribution in [0.15, 0.2) is 0 Å². The Morgan fingerprint density at radius 3 is 2.31 bits per heavy atom. The van der Waals surface area contributed by atoms with Crippen LogP contribution in [0.4, 0.5) is 0 Å². The van der Waals surface area contributed by atoms with E-state index in [9.17, 15) is 0 Å². The third kappa shape index (κ3) is 2.74. The van der Waals surface area contributed by atoms with Crippen LogP contribution in [0.1, 0.15) is 34.1 Å². The van der Waals surface area contributed by atoms with Crippen molar-refractivity contribution in [3.8, 4) is 0 Å². The molecule has 4 heteroatoms. The van der Waals surface area contributed by atoms with Crippen molar-refractivity contribution in [2.24, 2.45) is 11.8 Å². The molecule has 0 amide bonds. The maximum absolute atomic E-state index is 5.73. The van der Waals surface area contributed by atoms with E-state index < -0.39 is 0 Å². The Labute approximate surface area is 99.5 Å². The number of hydrogen-bond donors (Lipinski definition) is 2. The Kier molecular flexibility index (Phi) is 5.18. The molecule has 16 heavy (non-hydrogen) atoms. The number of morpholine rings is 1. The van der Waals surface area contributed by atoms with E-state index in [1.807, 2.05) is 0 Å². The predicted molar refractivity (Wildman–Crippen MR) is 67.0 cm³/mol. The van der Waals surface area contributed by atoms with Gasteiger partial charge in [-0.05, 0) is 19.3 Å². The summed E-state index contributed by atoms with van der Waals surface area (Å²) in [5, 5.41) is 0. The third-order valence-electron chi connectivity index (χ3n) is 3.97. The van der Waals surface area contributed by atoms with Crippen molar-refractivity contribution in [1.82, 2.24) is 10.3 Å².